The second-order valence-electron chi connectivity index (χ2n) is 6.11. The van der Waals surface area contributed by atoms with E-state index in [1.54, 1.807) is 5.57 Å². The van der Waals surface area contributed by atoms with E-state index in [-0.39, 0.29) is 0 Å². The van der Waals surface area contributed by atoms with Gasteiger partial charge in [0.2, 0.25) is 0 Å². The predicted octanol–water partition coefficient (Wildman–Crippen LogP) is 4.51. The zero-order valence-electron chi connectivity index (χ0n) is 11.0. The molecule has 88 valence electrons. The van der Waals surface area contributed by atoms with Crippen molar-refractivity contribution in [3.63, 3.8) is 0 Å². The number of hydrogen-bond acceptors (Lipinski definition) is 1. The molecule has 1 aliphatic rings. The molecular formula is C13H26OSi. The Morgan fingerprint density at radius 3 is 2.33 bits per heavy atom. The van der Waals surface area contributed by atoms with Crippen LogP contribution in [0.4, 0.5) is 0 Å². The van der Waals surface area contributed by atoms with Crippen LogP contribution >= 0.6 is 0 Å². The Bertz CT molecular complexity index is 235. The van der Waals surface area contributed by atoms with Gasteiger partial charge in [-0.05, 0) is 43.8 Å². The lowest BCUT2D eigenvalue weighted by Crippen LogP contribution is -2.40. The third-order valence-electron chi connectivity index (χ3n) is 3.81. The van der Waals surface area contributed by atoms with E-state index in [1.807, 2.05) is 0 Å². The molecule has 0 radical (unpaired) electrons. The molecule has 0 saturated heterocycles. The summed E-state index contributed by atoms with van der Waals surface area (Å²) in [5.41, 5.74) is 1.65. The highest BCUT2D eigenvalue weighted by Gasteiger charge is 2.36. The Morgan fingerprint density at radius 2 is 1.93 bits per heavy atom. The first kappa shape index (κ1) is 13.0. The van der Waals surface area contributed by atoms with Gasteiger partial charge >= 0.3 is 0 Å². The molecule has 0 unspecified atom stereocenters. The summed E-state index contributed by atoms with van der Waals surface area (Å²) in [7, 11) is -1.49. The standard InChI is InChI=1S/C13H26OSi/c1-13(2,3)15(4,5)14-11-7-10-12-8-6-9-12/h8H,6-7,9-11H2,1-5H3. The van der Waals surface area contributed by atoms with Crippen LogP contribution in [0.5, 0.6) is 0 Å². The fraction of sp³-hybridized carbons (Fsp3) is 0.846. The van der Waals surface area contributed by atoms with E-state index in [0.717, 1.165) is 6.61 Å². The Balaban J connectivity index is 2.18. The molecule has 0 aliphatic heterocycles. The maximum atomic E-state index is 6.12. The van der Waals surface area contributed by atoms with Crippen LogP contribution in [-0.2, 0) is 4.43 Å². The molecule has 2 heteroatoms. The Labute approximate surface area is 96.0 Å². The van der Waals surface area contributed by atoms with Crippen molar-refractivity contribution in [2.75, 3.05) is 6.61 Å². The lowest BCUT2D eigenvalue weighted by molar-refractivity contribution is 0.281. The van der Waals surface area contributed by atoms with Gasteiger partial charge in [0.05, 0.1) is 0 Å². The average Bonchev–Trinajstić information content (AvgIpc) is 1.98. The molecule has 0 fully saturated rings. The summed E-state index contributed by atoms with van der Waals surface area (Å²) in [6, 6.07) is 0. The molecule has 0 heterocycles. The molecule has 1 nitrogen and oxygen atoms in total. The van der Waals surface area contributed by atoms with Crippen LogP contribution in [0.2, 0.25) is 18.1 Å². The van der Waals surface area contributed by atoms with Gasteiger partial charge in [0.15, 0.2) is 8.32 Å². The molecule has 0 saturated carbocycles. The van der Waals surface area contributed by atoms with Gasteiger partial charge in [-0.15, -0.1) is 0 Å². The van der Waals surface area contributed by atoms with Crippen molar-refractivity contribution in [1.29, 1.82) is 0 Å². The molecule has 0 aromatic heterocycles. The molecule has 0 spiro atoms. The maximum absolute atomic E-state index is 6.12. The van der Waals surface area contributed by atoms with Crippen LogP contribution in [-0.4, -0.2) is 14.9 Å². The van der Waals surface area contributed by atoms with Gasteiger partial charge in [-0.2, -0.15) is 0 Å². The molecule has 0 N–H and O–H groups in total. The summed E-state index contributed by atoms with van der Waals surface area (Å²) in [4.78, 5) is 0. The van der Waals surface area contributed by atoms with Crippen LogP contribution in [0.1, 0.15) is 46.5 Å². The largest absolute Gasteiger partial charge is 0.417 e. The van der Waals surface area contributed by atoms with Crippen molar-refractivity contribution >= 4 is 8.32 Å². The highest BCUT2D eigenvalue weighted by molar-refractivity contribution is 6.74. The van der Waals surface area contributed by atoms with Crippen LogP contribution in [0.25, 0.3) is 0 Å². The second kappa shape index (κ2) is 4.83. The van der Waals surface area contributed by atoms with E-state index in [2.05, 4.69) is 39.9 Å². The summed E-state index contributed by atoms with van der Waals surface area (Å²) < 4.78 is 6.12. The quantitative estimate of drug-likeness (QED) is 0.381. The minimum absolute atomic E-state index is 0.350. The highest BCUT2D eigenvalue weighted by Crippen LogP contribution is 2.36. The van der Waals surface area contributed by atoms with Gasteiger partial charge < -0.3 is 4.43 Å². The van der Waals surface area contributed by atoms with E-state index in [4.69, 9.17) is 4.43 Å². The summed E-state index contributed by atoms with van der Waals surface area (Å²) >= 11 is 0. The summed E-state index contributed by atoms with van der Waals surface area (Å²) in [6.07, 6.45) is 7.47. The minimum atomic E-state index is -1.49. The average molecular weight is 226 g/mol. The van der Waals surface area contributed by atoms with Crippen molar-refractivity contribution in [3.8, 4) is 0 Å². The van der Waals surface area contributed by atoms with E-state index in [1.165, 1.54) is 25.7 Å². The zero-order valence-corrected chi connectivity index (χ0v) is 12.0. The lowest BCUT2D eigenvalue weighted by Gasteiger charge is -2.36. The lowest BCUT2D eigenvalue weighted by atomic mass is 9.95. The van der Waals surface area contributed by atoms with E-state index in [0.29, 0.717) is 5.04 Å². The van der Waals surface area contributed by atoms with Gasteiger partial charge in [-0.1, -0.05) is 32.4 Å². The second-order valence-corrected chi connectivity index (χ2v) is 10.9. The number of rotatable bonds is 5. The highest BCUT2D eigenvalue weighted by atomic mass is 28.4. The number of hydrogen-bond donors (Lipinski definition) is 0. The minimum Gasteiger partial charge on any atom is -0.417 e. The number of allylic oxidation sites excluding steroid dienone is 2. The van der Waals surface area contributed by atoms with Crippen LogP contribution in [0.15, 0.2) is 11.6 Å². The van der Waals surface area contributed by atoms with Crippen molar-refractivity contribution in [3.05, 3.63) is 11.6 Å². The van der Waals surface area contributed by atoms with Gasteiger partial charge in [0, 0.05) is 6.61 Å². The van der Waals surface area contributed by atoms with Gasteiger partial charge in [0.25, 0.3) is 0 Å². The molecular weight excluding hydrogens is 200 g/mol. The van der Waals surface area contributed by atoms with Crippen LogP contribution in [0.3, 0.4) is 0 Å². The fourth-order valence-electron chi connectivity index (χ4n) is 1.42. The smallest absolute Gasteiger partial charge is 0.191 e. The fourth-order valence-corrected chi connectivity index (χ4v) is 2.51. The molecule has 1 aliphatic carbocycles. The van der Waals surface area contributed by atoms with Gasteiger partial charge in [-0.25, -0.2) is 0 Å². The van der Waals surface area contributed by atoms with Crippen molar-refractivity contribution in [2.45, 2.75) is 64.6 Å². The SMILES string of the molecule is CC(C)(C)[Si](C)(C)OCCCC1=CCC1. The summed E-state index contributed by atoms with van der Waals surface area (Å²) in [5.74, 6) is 0. The molecule has 0 atom stereocenters. The Hall–Kier alpha value is -0.0831. The molecule has 15 heavy (non-hydrogen) atoms. The van der Waals surface area contributed by atoms with Crippen LogP contribution < -0.4 is 0 Å². The monoisotopic (exact) mass is 226 g/mol. The molecule has 1 rings (SSSR count). The van der Waals surface area contributed by atoms with Crippen molar-refractivity contribution in [2.24, 2.45) is 0 Å². The first-order valence-corrected chi connectivity index (χ1v) is 9.06. The molecule has 0 aromatic carbocycles. The normalized spacial score (nSPS) is 17.3. The third kappa shape index (κ3) is 3.76. The molecule has 0 amide bonds. The first-order chi connectivity index (χ1) is 6.83. The Morgan fingerprint density at radius 1 is 1.33 bits per heavy atom. The van der Waals surface area contributed by atoms with Crippen molar-refractivity contribution < 1.29 is 4.43 Å². The molecule has 0 bridgehead atoms. The van der Waals surface area contributed by atoms with E-state index >= 15 is 0 Å². The topological polar surface area (TPSA) is 9.23 Å². The van der Waals surface area contributed by atoms with Crippen LogP contribution in [0, 0.1) is 0 Å². The van der Waals surface area contributed by atoms with E-state index in [9.17, 15) is 0 Å². The Kier molecular flexibility index (Phi) is 4.18. The van der Waals surface area contributed by atoms with Crippen molar-refractivity contribution in [1.82, 2.24) is 0 Å². The molecule has 0 aromatic rings. The van der Waals surface area contributed by atoms with E-state index < -0.39 is 8.32 Å². The summed E-state index contributed by atoms with van der Waals surface area (Å²) in [6.45, 7) is 12.5. The first-order valence-electron chi connectivity index (χ1n) is 6.15. The third-order valence-corrected chi connectivity index (χ3v) is 8.35. The zero-order chi connectivity index (χ0) is 11.5. The van der Waals surface area contributed by atoms with Gasteiger partial charge in [-0.3, -0.25) is 0 Å². The maximum Gasteiger partial charge on any atom is 0.191 e. The van der Waals surface area contributed by atoms with Gasteiger partial charge in [0.1, 0.15) is 0 Å². The summed E-state index contributed by atoms with van der Waals surface area (Å²) in [5, 5.41) is 0.350. The predicted molar refractivity (Wildman–Crippen MR) is 69.7 cm³/mol.